The number of carbonyl (C=O) groups excluding carboxylic acids is 1. The van der Waals surface area contributed by atoms with E-state index in [-0.39, 0.29) is 17.6 Å². The highest BCUT2D eigenvalue weighted by Crippen LogP contribution is 2.25. The first-order valence-electron chi connectivity index (χ1n) is 8.16. The quantitative estimate of drug-likeness (QED) is 0.942. The number of hydrogen-bond acceptors (Lipinski definition) is 2. The lowest BCUT2D eigenvalue weighted by molar-refractivity contribution is -0.132. The van der Waals surface area contributed by atoms with Crippen molar-refractivity contribution in [2.24, 2.45) is 0 Å². The molecule has 1 aromatic carbocycles. The van der Waals surface area contributed by atoms with Gasteiger partial charge in [-0.2, -0.15) is 0 Å². The van der Waals surface area contributed by atoms with Gasteiger partial charge in [0, 0.05) is 37.3 Å². The van der Waals surface area contributed by atoms with Gasteiger partial charge in [-0.05, 0) is 37.8 Å². The van der Waals surface area contributed by atoms with Crippen molar-refractivity contribution in [1.29, 1.82) is 0 Å². The number of aryl methyl sites for hydroxylation is 2. The fraction of sp³-hybridized carbons (Fsp3) is 0.444. The largest absolute Gasteiger partial charge is 0.346 e. The summed E-state index contributed by atoms with van der Waals surface area (Å²) in [5.41, 5.74) is 1.65. The molecule has 2 heterocycles. The van der Waals surface area contributed by atoms with Gasteiger partial charge in [-0.25, -0.2) is 9.37 Å². The van der Waals surface area contributed by atoms with Crippen LogP contribution in [-0.2, 0) is 11.2 Å². The molecule has 122 valence electrons. The van der Waals surface area contributed by atoms with Gasteiger partial charge >= 0.3 is 0 Å². The molecule has 1 aliphatic heterocycles. The van der Waals surface area contributed by atoms with Gasteiger partial charge in [-0.1, -0.05) is 18.2 Å². The molecule has 1 atom stereocenters. The van der Waals surface area contributed by atoms with Crippen molar-refractivity contribution in [2.75, 3.05) is 13.1 Å². The fourth-order valence-electron chi connectivity index (χ4n) is 3.17. The molecule has 0 saturated carbocycles. The number of rotatable bonds is 4. The van der Waals surface area contributed by atoms with Crippen molar-refractivity contribution in [3.63, 3.8) is 0 Å². The van der Waals surface area contributed by atoms with E-state index in [1.807, 2.05) is 18.0 Å². The number of nitrogens with zero attached hydrogens (tertiary/aromatic N) is 2. The number of likely N-dealkylation sites (tertiary alicyclic amines) is 1. The first-order chi connectivity index (χ1) is 11.1. The van der Waals surface area contributed by atoms with Crippen molar-refractivity contribution >= 4 is 5.91 Å². The molecule has 0 bridgehead atoms. The third kappa shape index (κ3) is 3.78. The van der Waals surface area contributed by atoms with Crippen LogP contribution in [0, 0.1) is 12.7 Å². The van der Waals surface area contributed by atoms with Crippen molar-refractivity contribution in [3.05, 3.63) is 53.4 Å². The Bertz CT molecular complexity index is 682. The predicted molar refractivity (Wildman–Crippen MR) is 86.6 cm³/mol. The molecule has 1 saturated heterocycles. The maximum Gasteiger partial charge on any atom is 0.222 e. The van der Waals surface area contributed by atoms with Gasteiger partial charge in [0.1, 0.15) is 11.6 Å². The number of piperidine rings is 1. The second-order valence-electron chi connectivity index (χ2n) is 6.22. The maximum atomic E-state index is 13.6. The SMILES string of the molecule is Cc1cnc([C@@H]2CCCN(C(=O)CCc3ccccc3F)C2)[nH]1. The summed E-state index contributed by atoms with van der Waals surface area (Å²) >= 11 is 0. The van der Waals surface area contributed by atoms with Crippen molar-refractivity contribution in [2.45, 2.75) is 38.5 Å². The Hall–Kier alpha value is -2.17. The zero-order chi connectivity index (χ0) is 16.2. The molecule has 4 nitrogen and oxygen atoms in total. The lowest BCUT2D eigenvalue weighted by Gasteiger charge is -2.32. The molecule has 1 N–H and O–H groups in total. The van der Waals surface area contributed by atoms with E-state index >= 15 is 0 Å². The van der Waals surface area contributed by atoms with Gasteiger partial charge in [0.15, 0.2) is 0 Å². The van der Waals surface area contributed by atoms with E-state index in [1.165, 1.54) is 6.07 Å². The smallest absolute Gasteiger partial charge is 0.222 e. The molecule has 0 spiro atoms. The molecule has 1 fully saturated rings. The third-order valence-electron chi connectivity index (χ3n) is 4.45. The molecule has 0 unspecified atom stereocenters. The highest BCUT2D eigenvalue weighted by Gasteiger charge is 2.26. The van der Waals surface area contributed by atoms with Gasteiger partial charge in [-0.3, -0.25) is 4.79 Å². The fourth-order valence-corrected chi connectivity index (χ4v) is 3.17. The highest BCUT2D eigenvalue weighted by atomic mass is 19.1. The average Bonchev–Trinajstić information content (AvgIpc) is 3.00. The second kappa shape index (κ2) is 6.94. The van der Waals surface area contributed by atoms with Crippen molar-refractivity contribution < 1.29 is 9.18 Å². The topological polar surface area (TPSA) is 49.0 Å². The lowest BCUT2D eigenvalue weighted by atomic mass is 9.96. The molecule has 1 aliphatic rings. The highest BCUT2D eigenvalue weighted by molar-refractivity contribution is 5.76. The number of amides is 1. The number of carbonyl (C=O) groups is 1. The Morgan fingerprint density at radius 3 is 3.00 bits per heavy atom. The van der Waals surface area contributed by atoms with Crippen LogP contribution in [0.2, 0.25) is 0 Å². The van der Waals surface area contributed by atoms with Crippen molar-refractivity contribution in [1.82, 2.24) is 14.9 Å². The minimum absolute atomic E-state index is 0.0984. The number of benzene rings is 1. The van der Waals surface area contributed by atoms with E-state index in [0.717, 1.165) is 30.9 Å². The van der Waals surface area contributed by atoms with Crippen LogP contribution < -0.4 is 0 Å². The van der Waals surface area contributed by atoms with Gasteiger partial charge < -0.3 is 9.88 Å². The maximum absolute atomic E-state index is 13.6. The van der Waals surface area contributed by atoms with Gasteiger partial charge in [0.05, 0.1) is 0 Å². The first kappa shape index (κ1) is 15.7. The number of H-pyrrole nitrogens is 1. The van der Waals surface area contributed by atoms with Gasteiger partial charge in [0.25, 0.3) is 0 Å². The molecule has 0 radical (unpaired) electrons. The Kier molecular flexibility index (Phi) is 4.74. The first-order valence-corrected chi connectivity index (χ1v) is 8.16. The molecule has 1 aromatic heterocycles. The van der Waals surface area contributed by atoms with Crippen LogP contribution >= 0.6 is 0 Å². The van der Waals surface area contributed by atoms with Crippen LogP contribution in [0.4, 0.5) is 4.39 Å². The van der Waals surface area contributed by atoms with Crippen molar-refractivity contribution in [3.8, 4) is 0 Å². The molecule has 2 aromatic rings. The summed E-state index contributed by atoms with van der Waals surface area (Å²) in [6.07, 6.45) is 4.66. The van der Waals surface area contributed by atoms with Crippen LogP contribution in [0.3, 0.4) is 0 Å². The summed E-state index contributed by atoms with van der Waals surface area (Å²) in [7, 11) is 0. The molecular weight excluding hydrogens is 293 g/mol. The van der Waals surface area contributed by atoms with E-state index in [4.69, 9.17) is 0 Å². The molecule has 3 rings (SSSR count). The predicted octanol–water partition coefficient (Wildman–Crippen LogP) is 3.20. The van der Waals surface area contributed by atoms with E-state index in [0.29, 0.717) is 24.9 Å². The third-order valence-corrected chi connectivity index (χ3v) is 4.45. The normalized spacial score (nSPS) is 18.2. The van der Waals surface area contributed by atoms with Crippen LogP contribution in [0.25, 0.3) is 0 Å². The zero-order valence-electron chi connectivity index (χ0n) is 13.4. The van der Waals surface area contributed by atoms with Crippen LogP contribution in [0.1, 0.15) is 42.3 Å². The van der Waals surface area contributed by atoms with E-state index in [9.17, 15) is 9.18 Å². The Morgan fingerprint density at radius 2 is 2.26 bits per heavy atom. The van der Waals surface area contributed by atoms with Crippen LogP contribution in [0.15, 0.2) is 30.5 Å². The molecule has 0 aliphatic carbocycles. The number of hydrogen-bond donors (Lipinski definition) is 1. The van der Waals surface area contributed by atoms with E-state index in [1.54, 1.807) is 18.2 Å². The number of aromatic amines is 1. The average molecular weight is 315 g/mol. The molecule has 1 amide bonds. The van der Waals surface area contributed by atoms with Gasteiger partial charge in [0.2, 0.25) is 5.91 Å². The summed E-state index contributed by atoms with van der Waals surface area (Å²) in [6.45, 7) is 3.46. The van der Waals surface area contributed by atoms with Gasteiger partial charge in [-0.15, -0.1) is 0 Å². The second-order valence-corrected chi connectivity index (χ2v) is 6.22. The number of aromatic nitrogens is 2. The Labute approximate surface area is 135 Å². The standard InChI is InChI=1S/C18H22FN3O/c1-13-11-20-18(21-13)15-6-4-10-22(12-15)17(23)9-8-14-5-2-3-7-16(14)19/h2-3,5,7,11,15H,4,6,8-10,12H2,1H3,(H,20,21)/t15-/m1/s1. The summed E-state index contributed by atoms with van der Waals surface area (Å²) in [5, 5.41) is 0. The zero-order valence-corrected chi connectivity index (χ0v) is 13.4. The summed E-state index contributed by atoms with van der Waals surface area (Å²) in [4.78, 5) is 22.0. The number of imidazole rings is 1. The molecule has 5 heteroatoms. The Balaban J connectivity index is 1.58. The van der Waals surface area contributed by atoms with E-state index < -0.39 is 0 Å². The van der Waals surface area contributed by atoms with Crippen LogP contribution in [0.5, 0.6) is 0 Å². The number of halogens is 1. The minimum Gasteiger partial charge on any atom is -0.346 e. The lowest BCUT2D eigenvalue weighted by Crippen LogP contribution is -2.39. The number of nitrogens with one attached hydrogen (secondary N) is 1. The monoisotopic (exact) mass is 315 g/mol. The Morgan fingerprint density at radius 1 is 1.43 bits per heavy atom. The summed E-state index contributed by atoms with van der Waals surface area (Å²) in [5.74, 6) is 1.10. The van der Waals surface area contributed by atoms with Crippen LogP contribution in [-0.4, -0.2) is 33.9 Å². The summed E-state index contributed by atoms with van der Waals surface area (Å²) < 4.78 is 13.6. The molecule has 23 heavy (non-hydrogen) atoms. The minimum atomic E-state index is -0.233. The van der Waals surface area contributed by atoms with E-state index in [2.05, 4.69) is 9.97 Å². The summed E-state index contributed by atoms with van der Waals surface area (Å²) in [6, 6.07) is 6.66. The molecular formula is C18H22FN3O.